The van der Waals surface area contributed by atoms with Gasteiger partial charge in [0, 0.05) is 22.0 Å². The molecule has 5 rings (SSSR count). The van der Waals surface area contributed by atoms with Crippen LogP contribution in [0.5, 0.6) is 0 Å². The molecule has 3 aromatic rings. The van der Waals surface area contributed by atoms with Gasteiger partial charge in [0.2, 0.25) is 5.95 Å². The highest BCUT2D eigenvalue weighted by molar-refractivity contribution is 6.09. The molecule has 1 aliphatic carbocycles. The van der Waals surface area contributed by atoms with E-state index < -0.39 is 0 Å². The van der Waals surface area contributed by atoms with Crippen LogP contribution in [0.15, 0.2) is 164 Å². The Labute approximate surface area is 243 Å². The van der Waals surface area contributed by atoms with E-state index in [1.165, 1.54) is 16.7 Å². The van der Waals surface area contributed by atoms with Gasteiger partial charge in [-0.1, -0.05) is 122 Å². The van der Waals surface area contributed by atoms with Gasteiger partial charge in [0.25, 0.3) is 0 Å². The van der Waals surface area contributed by atoms with E-state index in [2.05, 4.69) is 91.9 Å². The quantitative estimate of drug-likeness (QED) is 0.156. The van der Waals surface area contributed by atoms with Gasteiger partial charge in [-0.15, -0.1) is 6.58 Å². The minimum atomic E-state index is 0.664. The minimum absolute atomic E-state index is 0.664. The number of benzene rings is 2. The summed E-state index contributed by atoms with van der Waals surface area (Å²) >= 11 is 0. The van der Waals surface area contributed by atoms with Crippen LogP contribution < -0.4 is 4.90 Å². The van der Waals surface area contributed by atoms with E-state index in [1.54, 1.807) is 6.08 Å². The summed E-state index contributed by atoms with van der Waals surface area (Å²) < 4.78 is 0. The Morgan fingerprint density at radius 1 is 0.951 bits per heavy atom. The number of fused-ring (bicyclic) bond motifs is 3. The molecule has 3 nitrogen and oxygen atoms in total. The topological polar surface area (TPSA) is 29.0 Å². The van der Waals surface area contributed by atoms with Crippen LogP contribution in [-0.4, -0.2) is 16.5 Å². The van der Waals surface area contributed by atoms with Gasteiger partial charge in [-0.2, -0.15) is 0 Å². The first-order valence-electron chi connectivity index (χ1n) is 13.9. The fraction of sp³-hybridized carbons (Fsp3) is 0.105. The van der Waals surface area contributed by atoms with E-state index in [0.29, 0.717) is 12.5 Å². The number of anilines is 1. The van der Waals surface area contributed by atoms with Crippen molar-refractivity contribution in [3.63, 3.8) is 0 Å². The predicted octanol–water partition coefficient (Wildman–Crippen LogP) is 9.69. The fourth-order valence-corrected chi connectivity index (χ4v) is 5.47. The van der Waals surface area contributed by atoms with Gasteiger partial charge < -0.3 is 4.90 Å². The highest BCUT2D eigenvalue weighted by Gasteiger charge is 2.30. The smallest absolute Gasteiger partial charge is 0.231 e. The van der Waals surface area contributed by atoms with Gasteiger partial charge in [0.1, 0.15) is 0 Å². The Morgan fingerprint density at radius 3 is 2.56 bits per heavy atom. The largest absolute Gasteiger partial charge is 0.306 e. The molecule has 0 fully saturated rings. The van der Waals surface area contributed by atoms with Crippen LogP contribution >= 0.6 is 0 Å². The van der Waals surface area contributed by atoms with Gasteiger partial charge in [-0.05, 0) is 54.0 Å². The molecule has 0 spiro atoms. The molecular formula is C38H35N3. The summed E-state index contributed by atoms with van der Waals surface area (Å²) in [5, 5.41) is 3.25. The average Bonchev–Trinajstić information content (AvgIpc) is 3.23. The maximum Gasteiger partial charge on any atom is 0.231 e. The first kappa shape index (κ1) is 27.5. The van der Waals surface area contributed by atoms with Crippen molar-refractivity contribution in [1.82, 2.24) is 9.97 Å². The highest BCUT2D eigenvalue weighted by atomic mass is 15.3. The summed E-state index contributed by atoms with van der Waals surface area (Å²) in [6.45, 7) is 18.7. The Hall–Kier alpha value is -5.02. The number of aromatic nitrogens is 2. The summed E-state index contributed by atoms with van der Waals surface area (Å²) in [6, 6.07) is 12.6. The standard InChI is InChI=1S/C38H35N3/c1-6-11-13-19-31-26-41(35-24-22-27(9-4)30(16-8-3)25-34(31)35)38-39-36(28(10-5)17-12-7-2)33-23-21-29-18-14-15-20-32(29)37(33)40-38/h6-15,17-24H,1,3-5,16,25-26H2,2H3/b12-7-,13-11-,28-17+,31-19+. The van der Waals surface area contributed by atoms with Crippen molar-refractivity contribution in [3.8, 4) is 0 Å². The van der Waals surface area contributed by atoms with Gasteiger partial charge in [0.05, 0.1) is 17.8 Å². The molecule has 0 unspecified atom stereocenters. The van der Waals surface area contributed by atoms with Crippen LogP contribution in [-0.2, 0) is 0 Å². The summed E-state index contributed by atoms with van der Waals surface area (Å²) in [6.07, 6.45) is 25.8. The van der Waals surface area contributed by atoms with Crippen molar-refractivity contribution in [3.05, 3.63) is 169 Å². The highest BCUT2D eigenvalue weighted by Crippen LogP contribution is 2.40. The van der Waals surface area contributed by atoms with Crippen molar-refractivity contribution in [2.75, 3.05) is 11.4 Å². The first-order chi connectivity index (χ1) is 20.1. The second-order valence-electron chi connectivity index (χ2n) is 9.94. The van der Waals surface area contributed by atoms with Crippen molar-refractivity contribution in [1.29, 1.82) is 0 Å². The second kappa shape index (κ2) is 12.4. The molecule has 41 heavy (non-hydrogen) atoms. The Morgan fingerprint density at radius 2 is 1.80 bits per heavy atom. The van der Waals surface area contributed by atoms with Crippen LogP contribution in [0.2, 0.25) is 0 Å². The number of hydrogen-bond acceptors (Lipinski definition) is 3. The van der Waals surface area contributed by atoms with Gasteiger partial charge in [-0.3, -0.25) is 0 Å². The number of hydrogen-bond donors (Lipinski definition) is 0. The number of rotatable bonds is 9. The Kier molecular flexibility index (Phi) is 8.36. The van der Waals surface area contributed by atoms with Gasteiger partial charge >= 0.3 is 0 Å². The molecule has 0 N–H and O–H groups in total. The summed E-state index contributed by atoms with van der Waals surface area (Å²) in [4.78, 5) is 12.7. The van der Waals surface area contributed by atoms with Crippen LogP contribution in [0.3, 0.4) is 0 Å². The lowest BCUT2D eigenvalue weighted by Crippen LogP contribution is -2.21. The lowest BCUT2D eigenvalue weighted by atomic mass is 9.95. The monoisotopic (exact) mass is 533 g/mol. The molecule has 2 aromatic carbocycles. The van der Waals surface area contributed by atoms with E-state index in [4.69, 9.17) is 9.97 Å². The van der Waals surface area contributed by atoms with Crippen molar-refractivity contribution >= 4 is 33.2 Å². The lowest BCUT2D eigenvalue weighted by molar-refractivity contribution is 0.978. The molecule has 0 bridgehead atoms. The zero-order valence-corrected chi connectivity index (χ0v) is 23.7. The van der Waals surface area contributed by atoms with Crippen LogP contribution in [0.4, 0.5) is 5.95 Å². The summed E-state index contributed by atoms with van der Waals surface area (Å²) in [5.74, 6) is 0.664. The molecule has 2 aliphatic rings. The molecule has 1 aromatic heterocycles. The summed E-state index contributed by atoms with van der Waals surface area (Å²) in [5.41, 5.74) is 8.77. The lowest BCUT2D eigenvalue weighted by Gasteiger charge is -2.21. The molecule has 0 radical (unpaired) electrons. The van der Waals surface area contributed by atoms with Gasteiger partial charge in [-0.25, -0.2) is 9.97 Å². The molecule has 0 saturated heterocycles. The summed E-state index contributed by atoms with van der Waals surface area (Å²) in [7, 11) is 0. The minimum Gasteiger partial charge on any atom is -0.306 e. The third kappa shape index (κ3) is 5.39. The molecule has 0 amide bonds. The van der Waals surface area contributed by atoms with Crippen molar-refractivity contribution < 1.29 is 0 Å². The van der Waals surface area contributed by atoms with E-state index in [-0.39, 0.29) is 0 Å². The van der Waals surface area contributed by atoms with Crippen LogP contribution in [0.25, 0.3) is 27.2 Å². The zero-order valence-electron chi connectivity index (χ0n) is 23.7. The van der Waals surface area contributed by atoms with Crippen LogP contribution in [0, 0.1) is 0 Å². The maximum absolute atomic E-state index is 5.25. The van der Waals surface area contributed by atoms with E-state index in [0.717, 1.165) is 57.1 Å². The van der Waals surface area contributed by atoms with Crippen molar-refractivity contribution in [2.24, 2.45) is 0 Å². The Balaban J connectivity index is 1.77. The predicted molar refractivity (Wildman–Crippen MR) is 178 cm³/mol. The maximum atomic E-state index is 5.25. The van der Waals surface area contributed by atoms with Gasteiger partial charge in [0.15, 0.2) is 0 Å². The third-order valence-corrected chi connectivity index (χ3v) is 7.47. The van der Waals surface area contributed by atoms with E-state index >= 15 is 0 Å². The van der Waals surface area contributed by atoms with Crippen LogP contribution in [0.1, 0.15) is 25.5 Å². The zero-order chi connectivity index (χ0) is 28.8. The SMILES string of the molecule is C=C/C=C\C=C1/CN(c2nc(/C(C=C)=C/C=C\C)c3ccc4ccccc4c3n2)C2=C1CC(CC=C)=C(C=C)C=C2. The molecule has 2 heterocycles. The Bertz CT molecular complexity index is 1780. The molecule has 3 heteroatoms. The van der Waals surface area contributed by atoms with E-state index in [9.17, 15) is 0 Å². The molecule has 202 valence electrons. The van der Waals surface area contributed by atoms with E-state index in [1.807, 2.05) is 49.5 Å². The average molecular weight is 534 g/mol. The molecule has 1 aliphatic heterocycles. The molecule has 0 atom stereocenters. The normalized spacial score (nSPS) is 16.9. The second-order valence-corrected chi connectivity index (χ2v) is 9.94. The fourth-order valence-electron chi connectivity index (χ4n) is 5.47. The third-order valence-electron chi connectivity index (χ3n) is 7.47. The van der Waals surface area contributed by atoms with Crippen molar-refractivity contribution in [2.45, 2.75) is 19.8 Å². The molecule has 0 saturated carbocycles. The first-order valence-corrected chi connectivity index (χ1v) is 13.9. The number of nitrogens with zero attached hydrogens (tertiary/aromatic N) is 3. The molecular weight excluding hydrogens is 498 g/mol. The number of allylic oxidation sites excluding steroid dienone is 15.